The molecule has 3 N–H and O–H groups in total. The van der Waals surface area contributed by atoms with Gasteiger partial charge in [-0.2, -0.15) is 0 Å². The van der Waals surface area contributed by atoms with E-state index in [0.29, 0.717) is 33.2 Å². The Hall–Kier alpha value is -1.52. The number of anilines is 3. The average molecular weight is 325 g/mol. The maximum atomic E-state index is 6.25. The fourth-order valence-electron chi connectivity index (χ4n) is 1.80. The second kappa shape index (κ2) is 6.08. The highest BCUT2D eigenvalue weighted by Gasteiger charge is 2.13. The number of hydrogen-bond donors (Lipinski definition) is 2. The molecule has 112 valence electrons. The van der Waals surface area contributed by atoms with Crippen molar-refractivity contribution in [2.45, 2.75) is 33.6 Å². The van der Waals surface area contributed by atoms with E-state index in [1.165, 1.54) is 0 Å². The summed E-state index contributed by atoms with van der Waals surface area (Å²) in [5.41, 5.74) is 8.36. The number of nitrogens with zero attached hydrogens (tertiary/aromatic N) is 2. The van der Waals surface area contributed by atoms with E-state index < -0.39 is 0 Å². The fraction of sp³-hybridized carbons (Fsp3) is 0.333. The van der Waals surface area contributed by atoms with Crippen molar-refractivity contribution in [2.24, 2.45) is 0 Å². The van der Waals surface area contributed by atoms with Crippen LogP contribution in [0.25, 0.3) is 0 Å². The number of benzene rings is 1. The van der Waals surface area contributed by atoms with Crippen molar-refractivity contribution in [1.82, 2.24) is 9.97 Å². The Morgan fingerprint density at radius 2 is 1.76 bits per heavy atom. The van der Waals surface area contributed by atoms with Crippen LogP contribution in [0.15, 0.2) is 12.1 Å². The van der Waals surface area contributed by atoms with Gasteiger partial charge in [-0.15, -0.1) is 0 Å². The van der Waals surface area contributed by atoms with E-state index >= 15 is 0 Å². The number of halogens is 2. The summed E-state index contributed by atoms with van der Waals surface area (Å²) in [5, 5.41) is 4.42. The largest absolute Gasteiger partial charge is 0.383 e. The van der Waals surface area contributed by atoms with Crippen LogP contribution in [0.3, 0.4) is 0 Å². The molecule has 21 heavy (non-hydrogen) atoms. The van der Waals surface area contributed by atoms with Crippen molar-refractivity contribution in [3.63, 3.8) is 0 Å². The zero-order valence-corrected chi connectivity index (χ0v) is 14.0. The lowest BCUT2D eigenvalue weighted by molar-refractivity contribution is 0.776. The predicted molar refractivity (Wildman–Crippen MR) is 89.8 cm³/mol. The highest BCUT2D eigenvalue weighted by molar-refractivity contribution is 6.35. The number of rotatable bonds is 3. The molecule has 1 heterocycles. The molecule has 0 bridgehead atoms. The zero-order valence-electron chi connectivity index (χ0n) is 12.5. The van der Waals surface area contributed by atoms with E-state index in [1.54, 1.807) is 6.07 Å². The van der Waals surface area contributed by atoms with Gasteiger partial charge in [0.1, 0.15) is 17.5 Å². The SMILES string of the molecule is Cc1cc(Cl)c(Nc2nc(C(C)C)nc(N)c2C)cc1Cl. The number of nitrogen functional groups attached to an aromatic ring is 1. The molecule has 0 aliphatic rings. The molecular formula is C15H18Cl2N4. The first-order chi connectivity index (χ1) is 9.79. The Morgan fingerprint density at radius 3 is 2.38 bits per heavy atom. The van der Waals surface area contributed by atoms with Crippen LogP contribution < -0.4 is 11.1 Å². The molecule has 6 heteroatoms. The number of hydrogen-bond acceptors (Lipinski definition) is 4. The second-order valence-electron chi connectivity index (χ2n) is 5.30. The van der Waals surface area contributed by atoms with Crippen LogP contribution in [-0.4, -0.2) is 9.97 Å². The maximum Gasteiger partial charge on any atom is 0.139 e. The Balaban J connectivity index is 2.46. The molecule has 0 amide bonds. The summed E-state index contributed by atoms with van der Waals surface area (Å²) < 4.78 is 0. The van der Waals surface area contributed by atoms with Gasteiger partial charge >= 0.3 is 0 Å². The van der Waals surface area contributed by atoms with Gasteiger partial charge in [0.25, 0.3) is 0 Å². The molecule has 1 aromatic carbocycles. The lowest BCUT2D eigenvalue weighted by Crippen LogP contribution is -2.08. The first-order valence-corrected chi connectivity index (χ1v) is 7.42. The minimum absolute atomic E-state index is 0.186. The van der Waals surface area contributed by atoms with Crippen molar-refractivity contribution in [1.29, 1.82) is 0 Å². The van der Waals surface area contributed by atoms with Crippen LogP contribution in [0, 0.1) is 13.8 Å². The van der Waals surface area contributed by atoms with Crippen molar-refractivity contribution in [3.8, 4) is 0 Å². The molecular weight excluding hydrogens is 307 g/mol. The molecule has 4 nitrogen and oxygen atoms in total. The minimum Gasteiger partial charge on any atom is -0.383 e. The number of nitrogens with one attached hydrogen (secondary N) is 1. The van der Waals surface area contributed by atoms with Crippen molar-refractivity contribution in [3.05, 3.63) is 39.1 Å². The predicted octanol–water partition coefficient (Wildman–Crippen LogP) is 4.85. The monoisotopic (exact) mass is 324 g/mol. The van der Waals surface area contributed by atoms with E-state index in [2.05, 4.69) is 15.3 Å². The lowest BCUT2D eigenvalue weighted by atomic mass is 10.2. The molecule has 2 aromatic rings. The van der Waals surface area contributed by atoms with E-state index in [9.17, 15) is 0 Å². The number of aromatic nitrogens is 2. The third-order valence-corrected chi connectivity index (χ3v) is 3.94. The third kappa shape index (κ3) is 3.39. The van der Waals surface area contributed by atoms with Gasteiger partial charge in [0, 0.05) is 16.5 Å². The lowest BCUT2D eigenvalue weighted by Gasteiger charge is -2.15. The molecule has 0 unspecified atom stereocenters. The van der Waals surface area contributed by atoms with E-state index in [0.717, 1.165) is 11.1 Å². The van der Waals surface area contributed by atoms with Crippen LogP contribution in [0.4, 0.5) is 17.3 Å². The summed E-state index contributed by atoms with van der Waals surface area (Å²) in [6.07, 6.45) is 0. The molecule has 0 aliphatic carbocycles. The summed E-state index contributed by atoms with van der Waals surface area (Å²) in [7, 11) is 0. The normalized spacial score (nSPS) is 11.0. The molecule has 0 saturated carbocycles. The minimum atomic E-state index is 0.186. The van der Waals surface area contributed by atoms with Gasteiger partial charge in [-0.25, -0.2) is 9.97 Å². The molecule has 0 aliphatic heterocycles. The molecule has 0 fully saturated rings. The Kier molecular flexibility index (Phi) is 4.59. The Bertz CT molecular complexity index is 684. The van der Waals surface area contributed by atoms with Crippen LogP contribution in [0.2, 0.25) is 10.0 Å². The molecule has 1 aromatic heterocycles. The van der Waals surface area contributed by atoms with Crippen molar-refractivity contribution >= 4 is 40.5 Å². The van der Waals surface area contributed by atoms with E-state index in [4.69, 9.17) is 28.9 Å². The van der Waals surface area contributed by atoms with Gasteiger partial charge < -0.3 is 11.1 Å². The zero-order chi connectivity index (χ0) is 15.7. The Morgan fingerprint density at radius 1 is 1.10 bits per heavy atom. The van der Waals surface area contributed by atoms with Crippen molar-refractivity contribution in [2.75, 3.05) is 11.1 Å². The van der Waals surface area contributed by atoms with E-state index in [-0.39, 0.29) is 5.92 Å². The molecule has 0 spiro atoms. The molecule has 0 radical (unpaired) electrons. The summed E-state index contributed by atoms with van der Waals surface area (Å²) in [6, 6.07) is 3.60. The van der Waals surface area contributed by atoms with Crippen molar-refractivity contribution < 1.29 is 0 Å². The van der Waals surface area contributed by atoms with Gasteiger partial charge in [-0.3, -0.25) is 0 Å². The summed E-state index contributed by atoms with van der Waals surface area (Å²) >= 11 is 12.4. The highest BCUT2D eigenvalue weighted by Crippen LogP contribution is 2.32. The van der Waals surface area contributed by atoms with Crippen LogP contribution >= 0.6 is 23.2 Å². The van der Waals surface area contributed by atoms with Gasteiger partial charge in [-0.1, -0.05) is 37.0 Å². The van der Waals surface area contributed by atoms with E-state index in [1.807, 2.05) is 33.8 Å². The Labute approximate surface area is 134 Å². The summed E-state index contributed by atoms with van der Waals surface area (Å²) in [4.78, 5) is 8.81. The molecule has 0 atom stereocenters. The van der Waals surface area contributed by atoms with Gasteiger partial charge in [0.15, 0.2) is 0 Å². The maximum absolute atomic E-state index is 6.25. The smallest absolute Gasteiger partial charge is 0.139 e. The van der Waals surface area contributed by atoms with Crippen LogP contribution in [-0.2, 0) is 0 Å². The molecule has 2 rings (SSSR count). The standard InChI is InChI=1S/C15H18Cl2N4/c1-7(2)14-20-13(18)9(4)15(21-14)19-12-6-10(16)8(3)5-11(12)17/h5-7H,1-4H3,(H3,18,19,20,21). The fourth-order valence-corrected chi connectivity index (χ4v) is 2.23. The second-order valence-corrected chi connectivity index (χ2v) is 6.12. The van der Waals surface area contributed by atoms with Gasteiger partial charge in [-0.05, 0) is 31.5 Å². The van der Waals surface area contributed by atoms with Gasteiger partial charge in [0.05, 0.1) is 10.7 Å². The summed E-state index contributed by atoms with van der Waals surface area (Å²) in [6.45, 7) is 7.81. The number of nitrogens with two attached hydrogens (primary N) is 1. The summed E-state index contributed by atoms with van der Waals surface area (Å²) in [5.74, 6) is 1.99. The first-order valence-electron chi connectivity index (χ1n) is 6.66. The van der Waals surface area contributed by atoms with Crippen LogP contribution in [0.5, 0.6) is 0 Å². The highest BCUT2D eigenvalue weighted by atomic mass is 35.5. The third-order valence-electron chi connectivity index (χ3n) is 3.22. The molecule has 0 saturated heterocycles. The first kappa shape index (κ1) is 15.9. The van der Waals surface area contributed by atoms with Gasteiger partial charge in [0.2, 0.25) is 0 Å². The topological polar surface area (TPSA) is 63.8 Å². The average Bonchev–Trinajstić information content (AvgIpc) is 2.40. The number of aryl methyl sites for hydroxylation is 1. The van der Waals surface area contributed by atoms with Crippen LogP contribution in [0.1, 0.15) is 36.7 Å². The quantitative estimate of drug-likeness (QED) is 0.847.